The van der Waals surface area contributed by atoms with Gasteiger partial charge in [0.15, 0.2) is 11.3 Å². The van der Waals surface area contributed by atoms with E-state index in [1.807, 2.05) is 17.6 Å². The average molecular weight is 475 g/mol. The molecule has 34 heavy (non-hydrogen) atoms. The van der Waals surface area contributed by atoms with Crippen LogP contribution in [0.2, 0.25) is 0 Å². The lowest BCUT2D eigenvalue weighted by Gasteiger charge is -2.12. The van der Waals surface area contributed by atoms with Gasteiger partial charge in [-0.1, -0.05) is 18.5 Å². The van der Waals surface area contributed by atoms with E-state index in [0.29, 0.717) is 61.4 Å². The molecular formula is C24H24F3N3O4. The predicted octanol–water partition coefficient (Wildman–Crippen LogP) is 5.79. The van der Waals surface area contributed by atoms with Gasteiger partial charge in [-0.25, -0.2) is 9.78 Å². The van der Waals surface area contributed by atoms with Gasteiger partial charge in [0.25, 0.3) is 0 Å². The maximum atomic E-state index is 13.2. The van der Waals surface area contributed by atoms with Crippen LogP contribution in [-0.4, -0.2) is 33.9 Å². The molecule has 0 aliphatic heterocycles. The third kappa shape index (κ3) is 4.71. The van der Waals surface area contributed by atoms with Crippen molar-refractivity contribution in [3.63, 3.8) is 0 Å². The van der Waals surface area contributed by atoms with E-state index in [9.17, 15) is 18.0 Å². The highest BCUT2D eigenvalue weighted by Crippen LogP contribution is 2.38. The van der Waals surface area contributed by atoms with Crippen LogP contribution in [0.4, 0.5) is 13.2 Å². The second-order valence-corrected chi connectivity index (χ2v) is 7.76. The fraction of sp³-hybridized carbons (Fsp3) is 0.375. The number of hydrogen-bond acceptors (Lipinski definition) is 6. The van der Waals surface area contributed by atoms with E-state index in [1.54, 1.807) is 31.5 Å². The van der Waals surface area contributed by atoms with Crippen molar-refractivity contribution < 1.29 is 32.0 Å². The normalized spacial score (nSPS) is 11.9. The van der Waals surface area contributed by atoms with Crippen molar-refractivity contribution in [2.75, 3.05) is 13.2 Å². The van der Waals surface area contributed by atoms with Gasteiger partial charge in [0.1, 0.15) is 5.75 Å². The van der Waals surface area contributed by atoms with Crippen molar-refractivity contribution in [2.24, 2.45) is 0 Å². The monoisotopic (exact) mass is 475 g/mol. The number of benzene rings is 2. The number of alkyl halides is 3. The molecule has 2 heterocycles. The molecule has 0 aliphatic carbocycles. The maximum absolute atomic E-state index is 13.2. The SMILES string of the molecule is CCCc1c(OCCCn2cnc3cc(C(=O)OCC)ccc32)ccc2c(C(F)(F)F)noc12. The maximum Gasteiger partial charge on any atom is 0.437 e. The minimum absolute atomic E-state index is 0.0598. The minimum Gasteiger partial charge on any atom is -0.493 e. The Labute approximate surface area is 193 Å². The summed E-state index contributed by atoms with van der Waals surface area (Å²) in [7, 11) is 0. The summed E-state index contributed by atoms with van der Waals surface area (Å²) in [6.07, 6.45) is -1.03. The van der Waals surface area contributed by atoms with Crippen LogP contribution in [0.15, 0.2) is 41.2 Å². The number of hydrogen-bond donors (Lipinski definition) is 0. The Morgan fingerprint density at radius 1 is 1.18 bits per heavy atom. The summed E-state index contributed by atoms with van der Waals surface area (Å²) in [5.74, 6) is 0.107. The summed E-state index contributed by atoms with van der Waals surface area (Å²) in [4.78, 5) is 16.3. The lowest BCUT2D eigenvalue weighted by atomic mass is 10.0. The molecule has 0 radical (unpaired) electrons. The van der Waals surface area contributed by atoms with Crippen molar-refractivity contribution in [3.8, 4) is 5.75 Å². The molecule has 2 aromatic heterocycles. The lowest BCUT2D eigenvalue weighted by molar-refractivity contribution is -0.141. The Kier molecular flexibility index (Phi) is 6.76. The highest BCUT2D eigenvalue weighted by atomic mass is 19.4. The molecule has 0 spiro atoms. The molecule has 2 aromatic carbocycles. The van der Waals surface area contributed by atoms with Crippen molar-refractivity contribution in [3.05, 3.63) is 53.5 Å². The Morgan fingerprint density at radius 3 is 2.74 bits per heavy atom. The van der Waals surface area contributed by atoms with Gasteiger partial charge in [-0.15, -0.1) is 0 Å². The highest BCUT2D eigenvalue weighted by Gasteiger charge is 2.37. The number of rotatable bonds is 9. The Balaban J connectivity index is 1.44. The fourth-order valence-electron chi connectivity index (χ4n) is 3.87. The molecule has 10 heteroatoms. The molecule has 0 aliphatic rings. The molecule has 7 nitrogen and oxygen atoms in total. The first-order valence-electron chi connectivity index (χ1n) is 11.1. The van der Waals surface area contributed by atoms with Crippen LogP contribution in [-0.2, 0) is 23.9 Å². The van der Waals surface area contributed by atoms with Gasteiger partial charge in [0, 0.05) is 12.1 Å². The number of ether oxygens (including phenoxy) is 2. The molecule has 0 fully saturated rings. The number of fused-ring (bicyclic) bond motifs is 2. The van der Waals surface area contributed by atoms with E-state index in [0.717, 1.165) is 5.52 Å². The zero-order valence-corrected chi connectivity index (χ0v) is 18.8. The molecule has 0 saturated heterocycles. The van der Waals surface area contributed by atoms with Gasteiger partial charge in [0.2, 0.25) is 0 Å². The van der Waals surface area contributed by atoms with E-state index in [2.05, 4.69) is 10.1 Å². The number of nitrogens with zero attached hydrogens (tertiary/aromatic N) is 3. The zero-order valence-electron chi connectivity index (χ0n) is 18.8. The summed E-state index contributed by atoms with van der Waals surface area (Å²) in [5, 5.41) is 3.18. The first kappa shape index (κ1) is 23.6. The molecule has 4 aromatic rings. The summed E-state index contributed by atoms with van der Waals surface area (Å²) < 4.78 is 57.5. The molecule has 0 atom stereocenters. The van der Waals surface area contributed by atoms with E-state index in [4.69, 9.17) is 14.0 Å². The van der Waals surface area contributed by atoms with E-state index in [1.165, 1.54) is 6.07 Å². The summed E-state index contributed by atoms with van der Waals surface area (Å²) in [6, 6.07) is 8.11. The Hall–Kier alpha value is -3.56. The van der Waals surface area contributed by atoms with Crippen LogP contribution in [0, 0.1) is 0 Å². The molecule has 0 saturated carbocycles. The van der Waals surface area contributed by atoms with Crippen LogP contribution < -0.4 is 4.74 Å². The molecule has 0 bridgehead atoms. The van der Waals surface area contributed by atoms with Gasteiger partial charge in [-0.3, -0.25) is 0 Å². The largest absolute Gasteiger partial charge is 0.493 e. The number of carbonyl (C=O) groups is 1. The summed E-state index contributed by atoms with van der Waals surface area (Å²) in [6.45, 7) is 4.95. The topological polar surface area (TPSA) is 79.4 Å². The van der Waals surface area contributed by atoms with Gasteiger partial charge >= 0.3 is 12.1 Å². The first-order chi connectivity index (χ1) is 16.3. The molecule has 180 valence electrons. The smallest absolute Gasteiger partial charge is 0.437 e. The molecule has 0 unspecified atom stereocenters. The summed E-state index contributed by atoms with van der Waals surface area (Å²) >= 11 is 0. The highest BCUT2D eigenvalue weighted by molar-refractivity contribution is 5.93. The Morgan fingerprint density at radius 2 is 2.00 bits per heavy atom. The second kappa shape index (κ2) is 9.74. The first-order valence-corrected chi connectivity index (χ1v) is 11.1. The minimum atomic E-state index is -4.58. The zero-order chi connectivity index (χ0) is 24.3. The van der Waals surface area contributed by atoms with Gasteiger partial charge in [0.05, 0.1) is 41.5 Å². The van der Waals surface area contributed by atoms with Gasteiger partial charge in [-0.05, 0) is 50.1 Å². The van der Waals surface area contributed by atoms with E-state index < -0.39 is 11.9 Å². The third-order valence-electron chi connectivity index (χ3n) is 5.40. The van der Waals surface area contributed by atoms with Crippen molar-refractivity contribution in [2.45, 2.75) is 45.8 Å². The third-order valence-corrected chi connectivity index (χ3v) is 5.40. The number of aromatic nitrogens is 3. The van der Waals surface area contributed by atoms with Gasteiger partial charge < -0.3 is 18.6 Å². The van der Waals surface area contributed by atoms with Crippen molar-refractivity contribution in [1.29, 1.82) is 0 Å². The van der Waals surface area contributed by atoms with Crippen LogP contribution in [0.1, 0.15) is 48.3 Å². The Bertz CT molecular complexity index is 1310. The van der Waals surface area contributed by atoms with Crippen LogP contribution in [0.3, 0.4) is 0 Å². The standard InChI is InChI=1S/C24H24F3N3O4/c1-3-6-16-20(10-8-17-21(16)34-29-22(17)24(25,26)27)33-12-5-11-30-14-28-18-13-15(7-9-19(18)30)23(31)32-4-2/h7-10,13-14H,3-6,11-12H2,1-2H3. The number of halogens is 3. The van der Waals surface area contributed by atoms with Crippen molar-refractivity contribution >= 4 is 28.0 Å². The fourth-order valence-corrected chi connectivity index (χ4v) is 3.87. The van der Waals surface area contributed by atoms with Crippen LogP contribution in [0.5, 0.6) is 5.75 Å². The molecular weight excluding hydrogens is 451 g/mol. The van der Waals surface area contributed by atoms with E-state index in [-0.39, 0.29) is 16.9 Å². The number of imidazole rings is 1. The molecule has 0 amide bonds. The lowest BCUT2D eigenvalue weighted by Crippen LogP contribution is -2.07. The number of aryl methyl sites for hydroxylation is 2. The van der Waals surface area contributed by atoms with Crippen LogP contribution >= 0.6 is 0 Å². The summed E-state index contributed by atoms with van der Waals surface area (Å²) in [5.41, 5.74) is 1.69. The van der Waals surface area contributed by atoms with Gasteiger partial charge in [-0.2, -0.15) is 13.2 Å². The average Bonchev–Trinajstić information content (AvgIpc) is 3.42. The molecule has 4 rings (SSSR count). The number of carbonyl (C=O) groups excluding carboxylic acids is 1. The van der Waals surface area contributed by atoms with E-state index >= 15 is 0 Å². The second-order valence-electron chi connectivity index (χ2n) is 7.76. The molecule has 0 N–H and O–H groups in total. The number of esters is 1. The van der Waals surface area contributed by atoms with Crippen LogP contribution in [0.25, 0.3) is 22.0 Å². The quantitative estimate of drug-likeness (QED) is 0.225. The van der Waals surface area contributed by atoms with Crippen molar-refractivity contribution in [1.82, 2.24) is 14.7 Å². The predicted molar refractivity (Wildman–Crippen MR) is 119 cm³/mol.